The third kappa shape index (κ3) is 3.10. The van der Waals surface area contributed by atoms with Gasteiger partial charge in [-0.25, -0.2) is 4.79 Å². The van der Waals surface area contributed by atoms with Crippen LogP contribution in [0.25, 0.3) is 0 Å². The van der Waals surface area contributed by atoms with Gasteiger partial charge in [0.25, 0.3) is 0 Å². The largest absolute Gasteiger partial charge is 0.458 e. The molecule has 2 aromatic carbocycles. The van der Waals surface area contributed by atoms with Crippen molar-refractivity contribution in [3.05, 3.63) is 64.2 Å². The van der Waals surface area contributed by atoms with Gasteiger partial charge < -0.3 is 5.73 Å². The Bertz CT molecular complexity index is 699. The second-order valence-corrected chi connectivity index (χ2v) is 6.68. The standard InChI is InChI=1S/C17H19NO2P/c1-11-8-12(2)16(13(3)9-11)17(19)21(20)15-7-5-4-6-14(15)10-18/h4-9H,10,18H2,1-3H3/q+1. The van der Waals surface area contributed by atoms with Gasteiger partial charge in [-0.2, -0.15) is 0 Å². The number of benzene rings is 2. The third-order valence-electron chi connectivity index (χ3n) is 3.51. The molecule has 0 aromatic heterocycles. The monoisotopic (exact) mass is 300 g/mol. The van der Waals surface area contributed by atoms with Crippen LogP contribution in [0.15, 0.2) is 36.4 Å². The average Bonchev–Trinajstić information content (AvgIpc) is 2.45. The predicted molar refractivity (Wildman–Crippen MR) is 86.6 cm³/mol. The first-order valence-corrected chi connectivity index (χ1v) is 8.09. The molecule has 108 valence electrons. The van der Waals surface area contributed by atoms with Crippen LogP contribution in [0.5, 0.6) is 0 Å². The van der Waals surface area contributed by atoms with Crippen LogP contribution in [0.3, 0.4) is 0 Å². The summed E-state index contributed by atoms with van der Waals surface area (Å²) < 4.78 is 12.7. The Morgan fingerprint density at radius 1 is 1.10 bits per heavy atom. The lowest BCUT2D eigenvalue weighted by Crippen LogP contribution is -2.14. The molecule has 1 unspecified atom stereocenters. The molecule has 4 heteroatoms. The number of rotatable bonds is 4. The summed E-state index contributed by atoms with van der Waals surface area (Å²) in [5, 5.41) is 0.541. The van der Waals surface area contributed by atoms with Crippen molar-refractivity contribution < 1.29 is 9.36 Å². The Morgan fingerprint density at radius 2 is 1.67 bits per heavy atom. The van der Waals surface area contributed by atoms with Crippen molar-refractivity contribution in [2.24, 2.45) is 5.73 Å². The Morgan fingerprint density at radius 3 is 2.24 bits per heavy atom. The van der Waals surface area contributed by atoms with Gasteiger partial charge >= 0.3 is 13.3 Å². The smallest absolute Gasteiger partial charge is 0.326 e. The van der Waals surface area contributed by atoms with E-state index in [9.17, 15) is 9.36 Å². The fourth-order valence-corrected chi connectivity index (χ4v) is 4.03. The molecule has 0 spiro atoms. The van der Waals surface area contributed by atoms with E-state index in [0.717, 1.165) is 22.3 Å². The molecular weight excluding hydrogens is 281 g/mol. The van der Waals surface area contributed by atoms with Gasteiger partial charge in [0, 0.05) is 12.1 Å². The average molecular weight is 300 g/mol. The van der Waals surface area contributed by atoms with Crippen LogP contribution in [0.1, 0.15) is 32.6 Å². The van der Waals surface area contributed by atoms with Crippen molar-refractivity contribution in [1.82, 2.24) is 0 Å². The minimum atomic E-state index is -2.15. The first-order valence-electron chi connectivity index (χ1n) is 6.83. The number of nitrogens with two attached hydrogens (primary N) is 1. The zero-order valence-corrected chi connectivity index (χ0v) is 13.4. The van der Waals surface area contributed by atoms with Crippen LogP contribution in [-0.4, -0.2) is 5.52 Å². The number of hydrogen-bond acceptors (Lipinski definition) is 3. The molecule has 0 radical (unpaired) electrons. The van der Waals surface area contributed by atoms with E-state index in [-0.39, 0.29) is 12.1 Å². The van der Waals surface area contributed by atoms with Crippen LogP contribution in [-0.2, 0) is 11.1 Å². The van der Waals surface area contributed by atoms with Crippen molar-refractivity contribution in [3.8, 4) is 0 Å². The van der Waals surface area contributed by atoms with E-state index in [1.807, 2.05) is 45.0 Å². The lowest BCUT2D eigenvalue weighted by Gasteiger charge is -2.05. The molecule has 0 aliphatic heterocycles. The molecule has 0 saturated heterocycles. The molecule has 2 aromatic rings. The molecule has 0 amide bonds. The third-order valence-corrected chi connectivity index (χ3v) is 4.97. The maximum Gasteiger partial charge on any atom is 0.458 e. The van der Waals surface area contributed by atoms with E-state index in [4.69, 9.17) is 5.73 Å². The molecule has 3 nitrogen and oxygen atoms in total. The SMILES string of the molecule is Cc1cc(C)c(C(=O)[P+](=O)c2ccccc2CN)c(C)c1. The lowest BCUT2D eigenvalue weighted by atomic mass is 10.0. The minimum Gasteiger partial charge on any atom is -0.326 e. The maximum absolute atomic E-state index is 12.7. The lowest BCUT2D eigenvalue weighted by molar-refractivity contribution is 0.107. The number of aryl methyl sites for hydroxylation is 3. The highest BCUT2D eigenvalue weighted by molar-refractivity contribution is 7.71. The second-order valence-electron chi connectivity index (χ2n) is 5.21. The van der Waals surface area contributed by atoms with Gasteiger partial charge in [-0.05, 0) is 38.0 Å². The molecule has 0 aliphatic rings. The Kier molecular flexibility index (Phi) is 4.66. The minimum absolute atomic E-state index is 0.274. The highest BCUT2D eigenvalue weighted by Crippen LogP contribution is 2.31. The molecular formula is C17H19NO2P+. The van der Waals surface area contributed by atoms with Crippen LogP contribution in [0.4, 0.5) is 0 Å². The van der Waals surface area contributed by atoms with Crippen molar-refractivity contribution in [1.29, 1.82) is 0 Å². The van der Waals surface area contributed by atoms with Crippen molar-refractivity contribution in [2.45, 2.75) is 27.3 Å². The maximum atomic E-state index is 12.7. The molecule has 0 heterocycles. The summed E-state index contributed by atoms with van der Waals surface area (Å²) in [5.41, 5.74) is 9.50. The Balaban J connectivity index is 2.48. The normalized spacial score (nSPS) is 11.3. The summed E-state index contributed by atoms with van der Waals surface area (Å²) in [5.74, 6) is 0. The van der Waals surface area contributed by atoms with Crippen LogP contribution in [0.2, 0.25) is 0 Å². The molecule has 0 fully saturated rings. The zero-order chi connectivity index (χ0) is 15.6. The van der Waals surface area contributed by atoms with E-state index < -0.39 is 7.80 Å². The molecule has 1 atom stereocenters. The fourth-order valence-electron chi connectivity index (χ4n) is 2.61. The van der Waals surface area contributed by atoms with E-state index >= 15 is 0 Å². The molecule has 0 bridgehead atoms. The summed E-state index contributed by atoms with van der Waals surface area (Å²) in [7, 11) is -2.15. The molecule has 2 N–H and O–H groups in total. The van der Waals surface area contributed by atoms with Gasteiger partial charge in [-0.15, -0.1) is 0 Å². The van der Waals surface area contributed by atoms with Crippen LogP contribution in [0, 0.1) is 20.8 Å². The van der Waals surface area contributed by atoms with Gasteiger partial charge in [0.1, 0.15) is 0 Å². The summed E-state index contributed by atoms with van der Waals surface area (Å²) in [6.07, 6.45) is 0. The van der Waals surface area contributed by atoms with Crippen LogP contribution >= 0.6 is 7.80 Å². The molecule has 0 saturated carbocycles. The van der Waals surface area contributed by atoms with Crippen molar-refractivity contribution >= 4 is 18.6 Å². The van der Waals surface area contributed by atoms with Crippen molar-refractivity contribution in [3.63, 3.8) is 0 Å². The zero-order valence-electron chi connectivity index (χ0n) is 12.5. The van der Waals surface area contributed by atoms with E-state index in [2.05, 4.69) is 0 Å². The van der Waals surface area contributed by atoms with E-state index in [0.29, 0.717) is 10.9 Å². The first-order chi connectivity index (χ1) is 9.95. The highest BCUT2D eigenvalue weighted by atomic mass is 31.1. The summed E-state index contributed by atoms with van der Waals surface area (Å²) in [4.78, 5) is 12.6. The number of carbonyl (C=O) groups excluding carboxylic acids is 1. The van der Waals surface area contributed by atoms with Gasteiger partial charge in [0.15, 0.2) is 0 Å². The summed E-state index contributed by atoms with van der Waals surface area (Å²) in [6, 6.07) is 11.0. The first kappa shape index (κ1) is 15.6. The molecule has 0 aliphatic carbocycles. The fraction of sp³-hybridized carbons (Fsp3) is 0.235. The summed E-state index contributed by atoms with van der Waals surface area (Å²) in [6.45, 7) is 6.02. The summed E-state index contributed by atoms with van der Waals surface area (Å²) >= 11 is 0. The topological polar surface area (TPSA) is 60.2 Å². The quantitative estimate of drug-likeness (QED) is 0.881. The van der Waals surface area contributed by atoms with Crippen molar-refractivity contribution in [2.75, 3.05) is 0 Å². The predicted octanol–water partition coefficient (Wildman–Crippen LogP) is 3.36. The van der Waals surface area contributed by atoms with E-state index in [1.165, 1.54) is 0 Å². The Labute approximate surface area is 126 Å². The van der Waals surface area contributed by atoms with Gasteiger partial charge in [0.05, 0.1) is 5.56 Å². The number of carbonyl (C=O) groups is 1. The van der Waals surface area contributed by atoms with Gasteiger partial charge in [-0.3, -0.25) is 0 Å². The highest BCUT2D eigenvalue weighted by Gasteiger charge is 2.36. The van der Waals surface area contributed by atoms with Gasteiger partial charge in [-0.1, -0.05) is 40.5 Å². The molecule has 2 rings (SSSR count). The Hall–Kier alpha value is -1.83. The van der Waals surface area contributed by atoms with Gasteiger partial charge in [0.2, 0.25) is 5.30 Å². The van der Waals surface area contributed by atoms with E-state index in [1.54, 1.807) is 12.1 Å². The van der Waals surface area contributed by atoms with Crippen LogP contribution < -0.4 is 11.0 Å². The second kappa shape index (κ2) is 6.30. The number of hydrogen-bond donors (Lipinski definition) is 1. The molecule has 21 heavy (non-hydrogen) atoms.